The quantitative estimate of drug-likeness (QED) is 0.710. The summed E-state index contributed by atoms with van der Waals surface area (Å²) in [5.41, 5.74) is 1.07. The molecule has 1 aromatic rings. The largest absolute Gasteiger partial charge is 0.304 e. The van der Waals surface area contributed by atoms with E-state index in [1.54, 1.807) is 0 Å². The van der Waals surface area contributed by atoms with Crippen LogP contribution in [0.1, 0.15) is 26.3 Å². The van der Waals surface area contributed by atoms with Crippen molar-refractivity contribution < 1.29 is 0 Å². The summed E-state index contributed by atoms with van der Waals surface area (Å²) in [6.45, 7) is 13.8. The van der Waals surface area contributed by atoms with Gasteiger partial charge in [-0.15, -0.1) is 0 Å². The lowest BCUT2D eigenvalue weighted by Crippen LogP contribution is -2.21. The van der Waals surface area contributed by atoms with E-state index >= 15 is 0 Å². The summed E-state index contributed by atoms with van der Waals surface area (Å²) < 4.78 is 0. The molecule has 1 rings (SSSR count). The van der Waals surface area contributed by atoms with Crippen LogP contribution in [-0.2, 0) is 0 Å². The summed E-state index contributed by atoms with van der Waals surface area (Å²) in [6.07, 6.45) is 0. The molecule has 1 heteroatoms. The molecule has 79 valence electrons. The molecule has 0 bridgehead atoms. The molecule has 0 aliphatic carbocycles. The minimum absolute atomic E-state index is 1.07. The van der Waals surface area contributed by atoms with Crippen LogP contribution in [0.15, 0.2) is 30.3 Å². The number of benzene rings is 1. The average molecular weight is 192 g/mol. The minimum Gasteiger partial charge on any atom is -0.304 e. The van der Waals surface area contributed by atoms with Crippen LogP contribution in [0.5, 0.6) is 0 Å². The first kappa shape index (κ1) is 13.2. The smallest absolute Gasteiger partial charge is 0.00474 e. The normalized spacial score (nSPS) is 9.50. The van der Waals surface area contributed by atoms with Crippen molar-refractivity contribution in [3.63, 3.8) is 0 Å². The molecule has 1 nitrogen and oxygen atoms in total. The fourth-order valence-corrected chi connectivity index (χ4v) is 1.15. The molecule has 0 heterocycles. The van der Waals surface area contributed by atoms with Gasteiger partial charge in [-0.1, -0.05) is 51.1 Å². The molecule has 0 N–H and O–H groups in total. The van der Waals surface area contributed by atoms with Gasteiger partial charge in [-0.05, 0) is 32.1 Å². The molecule has 0 aliphatic heterocycles. The van der Waals surface area contributed by atoms with E-state index in [1.165, 1.54) is 19.6 Å². The maximum Gasteiger partial charge on any atom is -0.00474 e. The van der Waals surface area contributed by atoms with Crippen LogP contribution >= 0.6 is 0 Å². The highest BCUT2D eigenvalue weighted by Crippen LogP contribution is 1.92. The zero-order chi connectivity index (χ0) is 10.8. The van der Waals surface area contributed by atoms with Gasteiger partial charge in [0.05, 0.1) is 0 Å². The van der Waals surface area contributed by atoms with Gasteiger partial charge in [0.1, 0.15) is 0 Å². The Hall–Kier alpha value is -0.820. The van der Waals surface area contributed by atoms with E-state index in [0.717, 1.165) is 5.56 Å². The lowest BCUT2D eigenvalue weighted by Gasteiger charge is -2.13. The summed E-state index contributed by atoms with van der Waals surface area (Å²) >= 11 is 0. The van der Waals surface area contributed by atoms with Gasteiger partial charge in [-0.25, -0.2) is 0 Å². The maximum absolute atomic E-state index is 3.72. The Morgan fingerprint density at radius 1 is 0.929 bits per heavy atom. The predicted octanol–water partition coefficient (Wildman–Crippen LogP) is 3.22. The highest BCUT2D eigenvalue weighted by atomic mass is 15.1. The van der Waals surface area contributed by atoms with Crippen LogP contribution in [0.2, 0.25) is 0 Å². The van der Waals surface area contributed by atoms with Gasteiger partial charge < -0.3 is 4.90 Å². The topological polar surface area (TPSA) is 3.24 Å². The molecular weight excluding hydrogens is 170 g/mol. The number of rotatable bonds is 3. The van der Waals surface area contributed by atoms with E-state index in [4.69, 9.17) is 0 Å². The molecule has 1 aromatic carbocycles. The first-order valence-corrected chi connectivity index (χ1v) is 5.33. The van der Waals surface area contributed by atoms with Crippen LogP contribution in [0.3, 0.4) is 0 Å². The van der Waals surface area contributed by atoms with Gasteiger partial charge in [0.2, 0.25) is 0 Å². The molecule has 0 saturated carbocycles. The predicted molar refractivity (Wildman–Crippen MR) is 64.4 cm³/mol. The molecular formula is C13H22N. The Kier molecular flexibility index (Phi) is 8.25. The monoisotopic (exact) mass is 192 g/mol. The van der Waals surface area contributed by atoms with Crippen LogP contribution in [0, 0.1) is 6.92 Å². The second kappa shape index (κ2) is 8.76. The van der Waals surface area contributed by atoms with E-state index in [-0.39, 0.29) is 0 Å². The molecule has 1 radical (unpaired) electrons. The third-order valence-electron chi connectivity index (χ3n) is 2.18. The van der Waals surface area contributed by atoms with Crippen molar-refractivity contribution in [1.82, 2.24) is 4.90 Å². The molecule has 0 saturated heterocycles. The fourth-order valence-electron chi connectivity index (χ4n) is 1.15. The number of hydrogen-bond acceptors (Lipinski definition) is 1. The number of hydrogen-bond donors (Lipinski definition) is 0. The second-order valence-corrected chi connectivity index (χ2v) is 3.11. The van der Waals surface area contributed by atoms with E-state index < -0.39 is 0 Å². The lowest BCUT2D eigenvalue weighted by atomic mass is 10.2. The van der Waals surface area contributed by atoms with E-state index in [9.17, 15) is 0 Å². The first-order valence-electron chi connectivity index (χ1n) is 5.33. The summed E-state index contributed by atoms with van der Waals surface area (Å²) in [5, 5.41) is 0. The van der Waals surface area contributed by atoms with E-state index in [1.807, 2.05) is 30.3 Å². The Bertz CT molecular complexity index is 196. The molecule has 0 aromatic heterocycles. The zero-order valence-electron chi connectivity index (χ0n) is 9.66. The highest BCUT2D eigenvalue weighted by molar-refractivity contribution is 5.16. The standard InChI is InChI=1S/C7H7.C6H15N/c1-7-5-3-2-4-6-7;1-4-7(5-2)6-3/h2-6H,1H2;4-6H2,1-3H3. The molecule has 0 spiro atoms. The van der Waals surface area contributed by atoms with Gasteiger partial charge in [0.25, 0.3) is 0 Å². The SMILES string of the molecule is CCN(CC)CC.[CH2]c1ccccc1. The number of nitrogens with zero attached hydrogens (tertiary/aromatic N) is 1. The highest BCUT2D eigenvalue weighted by Gasteiger charge is 1.89. The van der Waals surface area contributed by atoms with Crippen molar-refractivity contribution in [1.29, 1.82) is 0 Å². The van der Waals surface area contributed by atoms with E-state index in [2.05, 4.69) is 32.6 Å². The van der Waals surface area contributed by atoms with Gasteiger partial charge in [0.15, 0.2) is 0 Å². The summed E-state index contributed by atoms with van der Waals surface area (Å²) in [7, 11) is 0. The molecule has 0 amide bonds. The van der Waals surface area contributed by atoms with Crippen LogP contribution in [0.25, 0.3) is 0 Å². The fraction of sp³-hybridized carbons (Fsp3) is 0.462. The average Bonchev–Trinajstić information content (AvgIpc) is 2.22. The Morgan fingerprint density at radius 3 is 1.50 bits per heavy atom. The van der Waals surface area contributed by atoms with Crippen molar-refractivity contribution in [2.45, 2.75) is 20.8 Å². The van der Waals surface area contributed by atoms with Gasteiger partial charge in [-0.3, -0.25) is 0 Å². The van der Waals surface area contributed by atoms with Crippen molar-refractivity contribution in [3.05, 3.63) is 42.8 Å². The summed E-state index contributed by atoms with van der Waals surface area (Å²) in [6, 6.07) is 9.87. The van der Waals surface area contributed by atoms with Crippen molar-refractivity contribution in [2.24, 2.45) is 0 Å². The van der Waals surface area contributed by atoms with Gasteiger partial charge in [-0.2, -0.15) is 0 Å². The molecule has 0 unspecified atom stereocenters. The van der Waals surface area contributed by atoms with E-state index in [0.29, 0.717) is 0 Å². The Labute approximate surface area is 88.8 Å². The summed E-state index contributed by atoms with van der Waals surface area (Å²) in [4.78, 5) is 2.38. The third kappa shape index (κ3) is 6.67. The Balaban J connectivity index is 0.000000241. The molecule has 0 fully saturated rings. The molecule has 0 aliphatic rings. The van der Waals surface area contributed by atoms with Crippen molar-refractivity contribution in [2.75, 3.05) is 19.6 Å². The molecule has 14 heavy (non-hydrogen) atoms. The summed E-state index contributed by atoms with van der Waals surface area (Å²) in [5.74, 6) is 0. The first-order chi connectivity index (χ1) is 6.74. The van der Waals surface area contributed by atoms with Crippen LogP contribution in [0.4, 0.5) is 0 Å². The minimum atomic E-state index is 1.07. The van der Waals surface area contributed by atoms with Crippen molar-refractivity contribution >= 4 is 0 Å². The third-order valence-corrected chi connectivity index (χ3v) is 2.18. The van der Waals surface area contributed by atoms with Gasteiger partial charge >= 0.3 is 0 Å². The zero-order valence-corrected chi connectivity index (χ0v) is 9.66. The lowest BCUT2D eigenvalue weighted by molar-refractivity contribution is 0.321. The van der Waals surface area contributed by atoms with Crippen molar-refractivity contribution in [3.8, 4) is 0 Å². The van der Waals surface area contributed by atoms with Crippen LogP contribution in [-0.4, -0.2) is 24.5 Å². The van der Waals surface area contributed by atoms with Gasteiger partial charge in [0, 0.05) is 0 Å². The van der Waals surface area contributed by atoms with Crippen LogP contribution < -0.4 is 0 Å². The molecule has 0 atom stereocenters. The maximum atomic E-state index is 3.72. The second-order valence-electron chi connectivity index (χ2n) is 3.11. The Morgan fingerprint density at radius 2 is 1.36 bits per heavy atom.